The number of hydrogen-bond donors (Lipinski definition) is 0. The van der Waals surface area contributed by atoms with Crippen molar-refractivity contribution in [3.63, 3.8) is 0 Å². The lowest BCUT2D eigenvalue weighted by molar-refractivity contribution is 0.202. The summed E-state index contributed by atoms with van der Waals surface area (Å²) in [5.74, 6) is 2.26. The number of benzene rings is 3. The van der Waals surface area contributed by atoms with Gasteiger partial charge >= 0.3 is 0 Å². The van der Waals surface area contributed by atoms with Gasteiger partial charge in [0.15, 0.2) is 0 Å². The van der Waals surface area contributed by atoms with E-state index in [0.29, 0.717) is 17.3 Å². The van der Waals surface area contributed by atoms with Gasteiger partial charge in [0.1, 0.15) is 5.75 Å². The third-order valence-corrected chi connectivity index (χ3v) is 9.35. The van der Waals surface area contributed by atoms with Crippen LogP contribution in [0.4, 0.5) is 0 Å². The number of hydrogen-bond acceptors (Lipinski definition) is 1. The van der Waals surface area contributed by atoms with Crippen molar-refractivity contribution in [2.45, 2.75) is 32.6 Å². The minimum atomic E-state index is 0.119. The Morgan fingerprint density at radius 2 is 1.32 bits per heavy atom. The maximum absolute atomic E-state index is 5.48. The normalized spacial score (nSPS) is 31.5. The highest BCUT2D eigenvalue weighted by atomic mass is 16.5. The molecule has 0 radical (unpaired) electrons. The van der Waals surface area contributed by atoms with Crippen molar-refractivity contribution in [1.82, 2.24) is 0 Å². The topological polar surface area (TPSA) is 9.23 Å². The molecule has 7 rings (SSSR count). The fourth-order valence-corrected chi connectivity index (χ4v) is 7.76. The average molecular weight is 407 g/mol. The SMILES string of the molecule is COc1ccc([C@@]23C(=C(c4ccccc4)c4ccccc4)[C@H]4C[C@@H]2[C@@]3(C)C4(C)C)cc1. The first-order chi connectivity index (χ1) is 15.0. The maximum atomic E-state index is 5.48. The Kier molecular flexibility index (Phi) is 3.74. The van der Waals surface area contributed by atoms with Crippen molar-refractivity contribution in [3.8, 4) is 5.75 Å². The molecule has 4 bridgehead atoms. The smallest absolute Gasteiger partial charge is 0.118 e. The summed E-state index contributed by atoms with van der Waals surface area (Å²) in [5, 5.41) is 0. The van der Waals surface area contributed by atoms with E-state index in [1.165, 1.54) is 28.7 Å². The number of methoxy groups -OCH3 is 1. The third kappa shape index (κ3) is 2.08. The molecule has 1 nitrogen and oxygen atoms in total. The molecule has 4 fully saturated rings. The molecule has 0 heterocycles. The van der Waals surface area contributed by atoms with Gasteiger partial charge in [-0.25, -0.2) is 0 Å². The molecule has 0 amide bonds. The molecule has 0 unspecified atom stereocenters. The van der Waals surface area contributed by atoms with Crippen molar-refractivity contribution in [2.75, 3.05) is 7.11 Å². The summed E-state index contributed by atoms with van der Waals surface area (Å²) >= 11 is 0. The minimum absolute atomic E-state index is 0.119. The predicted molar refractivity (Wildman–Crippen MR) is 127 cm³/mol. The average Bonchev–Trinajstić information content (AvgIpc) is 3.00. The highest BCUT2D eigenvalue weighted by Gasteiger charge is 2.91. The lowest BCUT2D eigenvalue weighted by Crippen LogP contribution is -2.24. The molecule has 0 aliphatic heterocycles. The highest BCUT2D eigenvalue weighted by Crippen LogP contribution is 2.94. The predicted octanol–water partition coefficient (Wildman–Crippen LogP) is 7.13. The van der Waals surface area contributed by atoms with Crippen LogP contribution < -0.4 is 4.74 Å². The zero-order valence-electron chi connectivity index (χ0n) is 18.9. The summed E-state index contributed by atoms with van der Waals surface area (Å²) in [6.07, 6.45) is 1.30. The number of ether oxygens (including phenoxy) is 1. The van der Waals surface area contributed by atoms with E-state index in [1.807, 2.05) is 0 Å². The summed E-state index contributed by atoms with van der Waals surface area (Å²) in [6, 6.07) is 31.1. The second-order valence-electron chi connectivity index (χ2n) is 10.3. The molecular formula is C30H30O. The first-order valence-electron chi connectivity index (χ1n) is 11.5. The van der Waals surface area contributed by atoms with Crippen LogP contribution in [0.5, 0.6) is 5.75 Å². The van der Waals surface area contributed by atoms with Crippen molar-refractivity contribution in [2.24, 2.45) is 22.7 Å². The van der Waals surface area contributed by atoms with Gasteiger partial charge in [0.25, 0.3) is 0 Å². The Morgan fingerprint density at radius 1 is 0.774 bits per heavy atom. The van der Waals surface area contributed by atoms with Gasteiger partial charge in [0, 0.05) is 5.41 Å². The van der Waals surface area contributed by atoms with E-state index in [9.17, 15) is 0 Å². The van der Waals surface area contributed by atoms with Gasteiger partial charge < -0.3 is 4.74 Å². The second kappa shape index (κ2) is 6.13. The van der Waals surface area contributed by atoms with Gasteiger partial charge in [-0.1, -0.05) is 93.6 Å². The minimum Gasteiger partial charge on any atom is -0.497 e. The van der Waals surface area contributed by atoms with Crippen molar-refractivity contribution in [3.05, 3.63) is 107 Å². The third-order valence-electron chi connectivity index (χ3n) is 9.35. The van der Waals surface area contributed by atoms with Crippen LogP contribution in [0.2, 0.25) is 0 Å². The molecule has 3 aromatic carbocycles. The zero-order chi connectivity index (χ0) is 21.4. The molecule has 3 aromatic rings. The van der Waals surface area contributed by atoms with E-state index < -0.39 is 0 Å². The van der Waals surface area contributed by atoms with Crippen LogP contribution >= 0.6 is 0 Å². The molecule has 0 saturated heterocycles. The van der Waals surface area contributed by atoms with Crippen LogP contribution in [0, 0.1) is 22.7 Å². The lowest BCUT2D eigenvalue weighted by Gasteiger charge is -2.29. The fourth-order valence-electron chi connectivity index (χ4n) is 7.76. The first-order valence-corrected chi connectivity index (χ1v) is 11.5. The van der Waals surface area contributed by atoms with Crippen molar-refractivity contribution in [1.29, 1.82) is 0 Å². The molecule has 0 aromatic heterocycles. The van der Waals surface area contributed by atoms with Gasteiger partial charge in [-0.05, 0) is 69.1 Å². The molecule has 4 aliphatic carbocycles. The van der Waals surface area contributed by atoms with Crippen LogP contribution in [-0.4, -0.2) is 7.11 Å². The van der Waals surface area contributed by atoms with Gasteiger partial charge in [-0.3, -0.25) is 0 Å². The summed E-state index contributed by atoms with van der Waals surface area (Å²) in [7, 11) is 1.75. The highest BCUT2D eigenvalue weighted by molar-refractivity contribution is 5.88. The quantitative estimate of drug-likeness (QED) is 0.448. The van der Waals surface area contributed by atoms with E-state index in [2.05, 4.69) is 106 Å². The molecule has 31 heavy (non-hydrogen) atoms. The Bertz CT molecular complexity index is 1130. The Balaban J connectivity index is 1.68. The molecule has 0 spiro atoms. The van der Waals surface area contributed by atoms with Gasteiger partial charge in [0.2, 0.25) is 0 Å². The van der Waals surface area contributed by atoms with Gasteiger partial charge in [0.05, 0.1) is 7.11 Å². The van der Waals surface area contributed by atoms with Crippen molar-refractivity contribution < 1.29 is 4.74 Å². The molecule has 4 aliphatic rings. The maximum Gasteiger partial charge on any atom is 0.118 e. The van der Waals surface area contributed by atoms with E-state index in [1.54, 1.807) is 12.7 Å². The van der Waals surface area contributed by atoms with E-state index in [0.717, 1.165) is 5.75 Å². The summed E-state index contributed by atoms with van der Waals surface area (Å²) in [6.45, 7) is 7.59. The monoisotopic (exact) mass is 406 g/mol. The molecule has 0 N–H and O–H groups in total. The zero-order valence-corrected chi connectivity index (χ0v) is 18.9. The van der Waals surface area contributed by atoms with Crippen molar-refractivity contribution >= 4 is 5.57 Å². The van der Waals surface area contributed by atoms with E-state index in [4.69, 9.17) is 4.74 Å². The molecule has 4 atom stereocenters. The summed E-state index contributed by atoms with van der Waals surface area (Å²) < 4.78 is 5.48. The van der Waals surface area contributed by atoms with Crippen LogP contribution in [0.3, 0.4) is 0 Å². The summed E-state index contributed by atoms with van der Waals surface area (Å²) in [5.41, 5.74) is 7.97. The van der Waals surface area contributed by atoms with Crippen LogP contribution in [0.1, 0.15) is 43.9 Å². The standard InChI is InChI=1S/C30H30O/c1-28(2)24-19-25-29(28,3)30(25,22-15-17-23(31-4)18-16-22)27(24)26(20-11-7-5-8-12-20)21-13-9-6-10-14-21/h5-18,24-25H,19H2,1-4H3/t24-,25-,29+,30+/m1/s1. The molecule has 4 saturated carbocycles. The van der Waals surface area contributed by atoms with Gasteiger partial charge in [-0.15, -0.1) is 0 Å². The Morgan fingerprint density at radius 3 is 1.77 bits per heavy atom. The largest absolute Gasteiger partial charge is 0.497 e. The first kappa shape index (κ1) is 18.9. The lowest BCUT2D eigenvalue weighted by atomic mass is 9.74. The number of rotatable bonds is 4. The molecule has 156 valence electrons. The van der Waals surface area contributed by atoms with Crippen LogP contribution in [0.15, 0.2) is 90.5 Å². The Labute approximate surface area is 185 Å². The summed E-state index contributed by atoms with van der Waals surface area (Å²) in [4.78, 5) is 0. The van der Waals surface area contributed by atoms with Gasteiger partial charge in [-0.2, -0.15) is 0 Å². The Hall–Kier alpha value is -2.80. The van der Waals surface area contributed by atoms with E-state index >= 15 is 0 Å². The number of allylic oxidation sites excluding steroid dienone is 1. The van der Waals surface area contributed by atoms with Crippen LogP contribution in [0.25, 0.3) is 5.57 Å². The second-order valence-corrected chi connectivity index (χ2v) is 10.3. The van der Waals surface area contributed by atoms with E-state index in [-0.39, 0.29) is 10.8 Å². The van der Waals surface area contributed by atoms with Crippen LogP contribution in [-0.2, 0) is 5.41 Å². The fraction of sp³-hybridized carbons (Fsp3) is 0.333. The molecular weight excluding hydrogens is 376 g/mol. The molecule has 1 heteroatoms.